The lowest BCUT2D eigenvalue weighted by atomic mass is 9.88. The maximum atomic E-state index is 13.0. The second-order valence-electron chi connectivity index (χ2n) is 10.7. The van der Waals surface area contributed by atoms with Gasteiger partial charge in [0.1, 0.15) is 18.7 Å². The molecule has 0 saturated carbocycles. The van der Waals surface area contributed by atoms with Gasteiger partial charge < -0.3 is 20.5 Å². The Hall–Kier alpha value is -3.35. The lowest BCUT2D eigenvalue weighted by Crippen LogP contribution is -2.53. The van der Waals surface area contributed by atoms with Crippen LogP contribution in [-0.4, -0.2) is 41.8 Å². The summed E-state index contributed by atoms with van der Waals surface area (Å²) in [5.74, 6) is -2.02. The average Bonchev–Trinajstić information content (AvgIpc) is 3.11. The molecule has 7 nitrogen and oxygen atoms in total. The van der Waals surface area contributed by atoms with Crippen LogP contribution in [0.4, 0.5) is 4.79 Å². The molecule has 3 N–H and O–H groups in total. The van der Waals surface area contributed by atoms with Gasteiger partial charge in [0.15, 0.2) is 0 Å². The van der Waals surface area contributed by atoms with Gasteiger partial charge in [0, 0.05) is 5.92 Å². The molecule has 1 unspecified atom stereocenters. The van der Waals surface area contributed by atoms with Crippen molar-refractivity contribution in [1.29, 1.82) is 0 Å². The Labute approximate surface area is 207 Å². The number of carboxylic acid groups (broad SMARTS) is 1. The summed E-state index contributed by atoms with van der Waals surface area (Å²) in [7, 11) is 0. The second kappa shape index (κ2) is 10.9. The SMILES string of the molecule is CC(C)[C@H](NC(=O)C(CCC(C)(C)C)NC(=O)OCC1c2ccccc2-c2ccccc21)C(=O)O. The van der Waals surface area contributed by atoms with E-state index in [9.17, 15) is 19.5 Å². The van der Waals surface area contributed by atoms with Crippen molar-refractivity contribution in [3.63, 3.8) is 0 Å². The molecule has 2 aromatic carbocycles. The molecule has 0 bridgehead atoms. The highest BCUT2D eigenvalue weighted by Gasteiger charge is 2.32. The minimum atomic E-state index is -1.11. The molecule has 0 fully saturated rings. The van der Waals surface area contributed by atoms with E-state index >= 15 is 0 Å². The van der Waals surface area contributed by atoms with E-state index in [0.29, 0.717) is 12.8 Å². The predicted molar refractivity (Wildman–Crippen MR) is 135 cm³/mol. The Morgan fingerprint density at radius 2 is 1.49 bits per heavy atom. The molecule has 3 rings (SSSR count). The third-order valence-corrected chi connectivity index (χ3v) is 6.37. The number of carbonyl (C=O) groups excluding carboxylic acids is 2. The second-order valence-corrected chi connectivity index (χ2v) is 10.7. The van der Waals surface area contributed by atoms with Gasteiger partial charge in [-0.1, -0.05) is 83.1 Å². The third-order valence-electron chi connectivity index (χ3n) is 6.37. The van der Waals surface area contributed by atoms with E-state index in [0.717, 1.165) is 22.3 Å². The highest BCUT2D eigenvalue weighted by Crippen LogP contribution is 2.44. The van der Waals surface area contributed by atoms with Crippen LogP contribution in [0.25, 0.3) is 11.1 Å². The topological polar surface area (TPSA) is 105 Å². The van der Waals surface area contributed by atoms with Gasteiger partial charge in [0.2, 0.25) is 5.91 Å². The Morgan fingerprint density at radius 3 is 1.97 bits per heavy atom. The van der Waals surface area contributed by atoms with Crippen LogP contribution in [0.15, 0.2) is 48.5 Å². The average molecular weight is 481 g/mol. The molecule has 35 heavy (non-hydrogen) atoms. The molecule has 0 aliphatic heterocycles. The lowest BCUT2D eigenvalue weighted by Gasteiger charge is -2.26. The Morgan fingerprint density at radius 1 is 0.943 bits per heavy atom. The van der Waals surface area contributed by atoms with Crippen LogP contribution < -0.4 is 10.6 Å². The molecule has 188 valence electrons. The minimum absolute atomic E-state index is 0.0639. The first-order valence-electron chi connectivity index (χ1n) is 12.1. The van der Waals surface area contributed by atoms with E-state index in [2.05, 4.69) is 22.8 Å². The molecular formula is C28H36N2O5. The zero-order valence-electron chi connectivity index (χ0n) is 21.1. The number of benzene rings is 2. The predicted octanol–water partition coefficient (Wildman–Crippen LogP) is 4.95. The molecule has 0 spiro atoms. The molecule has 1 aliphatic carbocycles. The van der Waals surface area contributed by atoms with Crippen LogP contribution >= 0.6 is 0 Å². The van der Waals surface area contributed by atoms with Crippen LogP contribution in [0.1, 0.15) is 64.5 Å². The van der Waals surface area contributed by atoms with Crippen LogP contribution in [0, 0.1) is 11.3 Å². The zero-order chi connectivity index (χ0) is 25.8. The van der Waals surface area contributed by atoms with Gasteiger partial charge in [-0.15, -0.1) is 0 Å². The lowest BCUT2D eigenvalue weighted by molar-refractivity contribution is -0.143. The Kier molecular flexibility index (Phi) is 8.20. The first kappa shape index (κ1) is 26.3. The van der Waals surface area contributed by atoms with Crippen molar-refractivity contribution in [1.82, 2.24) is 10.6 Å². The van der Waals surface area contributed by atoms with E-state index in [1.165, 1.54) is 0 Å². The van der Waals surface area contributed by atoms with Crippen molar-refractivity contribution in [3.05, 3.63) is 59.7 Å². The van der Waals surface area contributed by atoms with Crippen molar-refractivity contribution in [2.45, 2.75) is 65.5 Å². The smallest absolute Gasteiger partial charge is 0.407 e. The van der Waals surface area contributed by atoms with Gasteiger partial charge in [0.25, 0.3) is 0 Å². The molecule has 1 aliphatic rings. The number of aliphatic carboxylic acids is 1. The van der Waals surface area contributed by atoms with Gasteiger partial charge in [0.05, 0.1) is 0 Å². The highest BCUT2D eigenvalue weighted by molar-refractivity contribution is 5.89. The zero-order valence-corrected chi connectivity index (χ0v) is 21.1. The van der Waals surface area contributed by atoms with E-state index in [-0.39, 0.29) is 23.9 Å². The molecule has 0 saturated heterocycles. The number of nitrogens with one attached hydrogen (secondary N) is 2. The van der Waals surface area contributed by atoms with Crippen molar-refractivity contribution >= 4 is 18.0 Å². The Bertz CT molecular complexity index is 1030. The molecule has 0 radical (unpaired) electrons. The summed E-state index contributed by atoms with van der Waals surface area (Å²) in [5, 5.41) is 14.7. The van der Waals surface area contributed by atoms with Crippen LogP contribution in [-0.2, 0) is 14.3 Å². The normalized spacial score (nSPS) is 14.6. The van der Waals surface area contributed by atoms with Crippen molar-refractivity contribution in [2.24, 2.45) is 11.3 Å². The van der Waals surface area contributed by atoms with Crippen LogP contribution in [0.3, 0.4) is 0 Å². The first-order chi connectivity index (χ1) is 16.5. The van der Waals surface area contributed by atoms with Crippen LogP contribution in [0.5, 0.6) is 0 Å². The van der Waals surface area contributed by atoms with E-state index < -0.39 is 30.1 Å². The number of alkyl carbamates (subject to hydrolysis) is 1. The monoisotopic (exact) mass is 480 g/mol. The number of fused-ring (bicyclic) bond motifs is 3. The van der Waals surface area contributed by atoms with Gasteiger partial charge in [-0.25, -0.2) is 9.59 Å². The number of carboxylic acids is 1. The van der Waals surface area contributed by atoms with Gasteiger partial charge >= 0.3 is 12.1 Å². The number of amides is 2. The van der Waals surface area contributed by atoms with E-state index in [1.54, 1.807) is 13.8 Å². The van der Waals surface area contributed by atoms with Crippen molar-refractivity contribution < 1.29 is 24.2 Å². The van der Waals surface area contributed by atoms with E-state index in [1.807, 2.05) is 57.2 Å². The maximum absolute atomic E-state index is 13.0. The molecule has 2 aromatic rings. The maximum Gasteiger partial charge on any atom is 0.407 e. The summed E-state index contributed by atoms with van der Waals surface area (Å²) < 4.78 is 5.61. The molecule has 2 amide bonds. The fourth-order valence-electron chi connectivity index (χ4n) is 4.40. The summed E-state index contributed by atoms with van der Waals surface area (Å²) in [4.78, 5) is 37.3. The number of hydrogen-bond acceptors (Lipinski definition) is 4. The first-order valence-corrected chi connectivity index (χ1v) is 12.1. The van der Waals surface area contributed by atoms with Crippen molar-refractivity contribution in [3.8, 4) is 11.1 Å². The summed E-state index contributed by atoms with van der Waals surface area (Å²) in [6.07, 6.45) is 0.329. The number of carbonyl (C=O) groups is 3. The summed E-state index contributed by atoms with van der Waals surface area (Å²) in [6.45, 7) is 9.72. The van der Waals surface area contributed by atoms with Gasteiger partial charge in [-0.2, -0.15) is 0 Å². The van der Waals surface area contributed by atoms with Crippen LogP contribution in [0.2, 0.25) is 0 Å². The third kappa shape index (κ3) is 6.62. The molecule has 0 heterocycles. The number of ether oxygens (including phenoxy) is 1. The summed E-state index contributed by atoms with van der Waals surface area (Å²) >= 11 is 0. The summed E-state index contributed by atoms with van der Waals surface area (Å²) in [6, 6.07) is 14.2. The van der Waals surface area contributed by atoms with Crippen molar-refractivity contribution in [2.75, 3.05) is 6.61 Å². The number of hydrogen-bond donors (Lipinski definition) is 3. The molecule has 7 heteroatoms. The minimum Gasteiger partial charge on any atom is -0.480 e. The fraction of sp³-hybridized carbons (Fsp3) is 0.464. The molecular weight excluding hydrogens is 444 g/mol. The number of rotatable bonds is 9. The Balaban J connectivity index is 1.69. The standard InChI is InChI=1S/C28H36N2O5/c1-17(2)24(26(32)33)30-25(31)23(14-15-28(3,4)5)29-27(34)35-16-22-20-12-8-6-10-18(20)19-11-7-9-13-21(19)22/h6-13,17,22-24H,14-16H2,1-5H3,(H,29,34)(H,30,31)(H,32,33)/t23?,24-/m0/s1. The van der Waals surface area contributed by atoms with Gasteiger partial charge in [-0.3, -0.25) is 4.79 Å². The fourth-order valence-corrected chi connectivity index (χ4v) is 4.40. The van der Waals surface area contributed by atoms with Gasteiger partial charge in [-0.05, 0) is 46.4 Å². The quantitative estimate of drug-likeness (QED) is 0.471. The molecule has 2 atom stereocenters. The van der Waals surface area contributed by atoms with E-state index in [4.69, 9.17) is 4.74 Å². The highest BCUT2D eigenvalue weighted by atomic mass is 16.5. The molecule has 0 aromatic heterocycles. The summed E-state index contributed by atoms with van der Waals surface area (Å²) in [5.41, 5.74) is 4.40. The largest absolute Gasteiger partial charge is 0.480 e.